The van der Waals surface area contributed by atoms with Gasteiger partial charge in [0.05, 0.1) is 19.1 Å². The van der Waals surface area contributed by atoms with Crippen molar-refractivity contribution < 1.29 is 14.1 Å². The number of halogens is 1. The molecule has 6 heteroatoms. The van der Waals surface area contributed by atoms with E-state index in [-0.39, 0.29) is 18.4 Å². The predicted octanol–water partition coefficient (Wildman–Crippen LogP) is 1.74. The summed E-state index contributed by atoms with van der Waals surface area (Å²) in [5, 5.41) is 7.56. The number of para-hydroxylation sites is 1. The zero-order chi connectivity index (χ0) is 13.7. The van der Waals surface area contributed by atoms with Crippen molar-refractivity contribution in [1.82, 2.24) is 10.5 Å². The van der Waals surface area contributed by atoms with Crippen LogP contribution in [0.3, 0.4) is 0 Å². The lowest BCUT2D eigenvalue weighted by Crippen LogP contribution is -2.40. The summed E-state index contributed by atoms with van der Waals surface area (Å²) >= 11 is 5.74. The highest BCUT2D eigenvalue weighted by Gasteiger charge is 2.15. The molecule has 2 aromatic rings. The van der Waals surface area contributed by atoms with Gasteiger partial charge in [-0.1, -0.05) is 17.3 Å². The average Bonchev–Trinajstić information content (AvgIpc) is 2.82. The number of carbonyl (C=O) groups is 1. The van der Waals surface area contributed by atoms with Crippen LogP contribution in [0.1, 0.15) is 5.69 Å². The molecule has 1 amide bonds. The van der Waals surface area contributed by atoms with E-state index in [4.69, 9.17) is 20.9 Å². The lowest BCUT2D eigenvalue weighted by atomic mass is 10.1. The standard InChI is InChI=1S/C13H15ClN2O3/c1-18-8-9(7-14)15-13(17)6-11-10-4-2-3-5-12(10)19-16-11/h2-5,9H,6-8H2,1H3,(H,15,17). The second-order valence-electron chi connectivity index (χ2n) is 4.18. The number of rotatable bonds is 6. The number of benzene rings is 1. The number of nitrogens with one attached hydrogen (secondary N) is 1. The Labute approximate surface area is 115 Å². The number of fused-ring (bicyclic) bond motifs is 1. The largest absolute Gasteiger partial charge is 0.383 e. The summed E-state index contributed by atoms with van der Waals surface area (Å²) < 4.78 is 10.1. The second kappa shape index (κ2) is 6.54. The van der Waals surface area contributed by atoms with Gasteiger partial charge in [-0.25, -0.2) is 0 Å². The zero-order valence-corrected chi connectivity index (χ0v) is 11.3. The first-order chi connectivity index (χ1) is 9.24. The third kappa shape index (κ3) is 3.45. The number of carbonyl (C=O) groups excluding carboxylic acids is 1. The SMILES string of the molecule is COCC(CCl)NC(=O)Cc1noc2ccccc12. The number of amides is 1. The van der Waals surface area contributed by atoms with Crippen LogP contribution in [0.2, 0.25) is 0 Å². The number of methoxy groups -OCH3 is 1. The molecule has 102 valence electrons. The van der Waals surface area contributed by atoms with Gasteiger partial charge in [-0.05, 0) is 12.1 Å². The number of aromatic nitrogens is 1. The Kier molecular flexibility index (Phi) is 4.76. The molecule has 2 rings (SSSR count). The van der Waals surface area contributed by atoms with E-state index in [1.54, 1.807) is 7.11 Å². The van der Waals surface area contributed by atoms with Crippen molar-refractivity contribution >= 4 is 28.5 Å². The van der Waals surface area contributed by atoms with E-state index in [1.165, 1.54) is 0 Å². The highest BCUT2D eigenvalue weighted by atomic mass is 35.5. The molecule has 19 heavy (non-hydrogen) atoms. The fraction of sp³-hybridized carbons (Fsp3) is 0.385. The minimum absolute atomic E-state index is 0.151. The summed E-state index contributed by atoms with van der Waals surface area (Å²) in [5.41, 5.74) is 1.30. The van der Waals surface area contributed by atoms with E-state index in [0.29, 0.717) is 23.8 Å². The van der Waals surface area contributed by atoms with Crippen LogP contribution in [0.25, 0.3) is 11.0 Å². The van der Waals surface area contributed by atoms with Crippen molar-refractivity contribution in [2.45, 2.75) is 12.5 Å². The molecule has 0 saturated carbocycles. The van der Waals surface area contributed by atoms with Gasteiger partial charge in [0.2, 0.25) is 5.91 Å². The molecular weight excluding hydrogens is 268 g/mol. The molecule has 0 aliphatic rings. The fourth-order valence-corrected chi connectivity index (χ4v) is 1.99. The summed E-state index contributed by atoms with van der Waals surface area (Å²) in [6, 6.07) is 7.24. The first-order valence-corrected chi connectivity index (χ1v) is 6.45. The Morgan fingerprint density at radius 3 is 3.05 bits per heavy atom. The van der Waals surface area contributed by atoms with Crippen molar-refractivity contribution in [3.63, 3.8) is 0 Å². The van der Waals surface area contributed by atoms with Crippen LogP contribution in [-0.2, 0) is 16.0 Å². The number of nitrogens with zero attached hydrogens (tertiary/aromatic N) is 1. The Morgan fingerprint density at radius 1 is 1.53 bits per heavy atom. The van der Waals surface area contributed by atoms with E-state index in [1.807, 2.05) is 24.3 Å². The summed E-state index contributed by atoms with van der Waals surface area (Å²) in [6.07, 6.45) is 0.161. The maximum Gasteiger partial charge on any atom is 0.226 e. The minimum Gasteiger partial charge on any atom is -0.383 e. The molecule has 0 aliphatic carbocycles. The molecule has 1 aromatic carbocycles. The number of ether oxygens (including phenoxy) is 1. The smallest absolute Gasteiger partial charge is 0.226 e. The first kappa shape index (κ1) is 13.8. The molecule has 0 spiro atoms. The molecule has 0 saturated heterocycles. The summed E-state index contributed by atoms with van der Waals surface area (Å²) in [6.45, 7) is 0.384. The minimum atomic E-state index is -0.197. The maximum absolute atomic E-state index is 11.9. The number of hydrogen-bond donors (Lipinski definition) is 1. The van der Waals surface area contributed by atoms with Gasteiger partial charge in [-0.2, -0.15) is 0 Å². The highest BCUT2D eigenvalue weighted by Crippen LogP contribution is 2.17. The maximum atomic E-state index is 11.9. The molecule has 1 atom stereocenters. The second-order valence-corrected chi connectivity index (χ2v) is 4.48. The van der Waals surface area contributed by atoms with Crippen LogP contribution in [0.5, 0.6) is 0 Å². The predicted molar refractivity (Wildman–Crippen MR) is 72.2 cm³/mol. The molecule has 0 aliphatic heterocycles. The van der Waals surface area contributed by atoms with Crippen molar-refractivity contribution in [3.8, 4) is 0 Å². The van der Waals surface area contributed by atoms with Crippen LogP contribution in [0.15, 0.2) is 28.8 Å². The topological polar surface area (TPSA) is 64.4 Å². The van der Waals surface area contributed by atoms with Gasteiger partial charge in [-0.3, -0.25) is 4.79 Å². The van der Waals surface area contributed by atoms with Crippen LogP contribution in [-0.4, -0.2) is 36.7 Å². The third-order valence-electron chi connectivity index (χ3n) is 2.70. The first-order valence-electron chi connectivity index (χ1n) is 5.92. The van der Waals surface area contributed by atoms with Crippen LogP contribution >= 0.6 is 11.6 Å². The Morgan fingerprint density at radius 2 is 2.32 bits per heavy atom. The lowest BCUT2D eigenvalue weighted by molar-refractivity contribution is -0.121. The van der Waals surface area contributed by atoms with Gasteiger partial charge >= 0.3 is 0 Å². The van der Waals surface area contributed by atoms with E-state index in [0.717, 1.165) is 5.39 Å². The third-order valence-corrected chi connectivity index (χ3v) is 3.07. The molecule has 1 N–H and O–H groups in total. The molecule has 1 heterocycles. The van der Waals surface area contributed by atoms with Crippen molar-refractivity contribution in [1.29, 1.82) is 0 Å². The molecule has 1 aromatic heterocycles. The van der Waals surface area contributed by atoms with E-state index in [9.17, 15) is 4.79 Å². The highest BCUT2D eigenvalue weighted by molar-refractivity contribution is 6.18. The van der Waals surface area contributed by atoms with Gasteiger partial charge in [0.1, 0.15) is 5.69 Å². The van der Waals surface area contributed by atoms with Crippen molar-refractivity contribution in [2.75, 3.05) is 19.6 Å². The van der Waals surface area contributed by atoms with Crippen molar-refractivity contribution in [3.05, 3.63) is 30.0 Å². The van der Waals surface area contributed by atoms with Gasteiger partial charge in [0.15, 0.2) is 5.58 Å². The Balaban J connectivity index is 2.02. The Hall–Kier alpha value is -1.59. The fourth-order valence-electron chi connectivity index (χ4n) is 1.82. The Bertz CT molecular complexity index is 556. The molecule has 0 fully saturated rings. The van der Waals surface area contributed by atoms with Crippen LogP contribution in [0, 0.1) is 0 Å². The van der Waals surface area contributed by atoms with Crippen LogP contribution in [0.4, 0.5) is 0 Å². The summed E-state index contributed by atoms with van der Waals surface area (Å²) in [7, 11) is 1.57. The quantitative estimate of drug-likeness (QED) is 0.820. The average molecular weight is 283 g/mol. The van der Waals surface area contributed by atoms with E-state index < -0.39 is 0 Å². The monoisotopic (exact) mass is 282 g/mol. The summed E-state index contributed by atoms with van der Waals surface area (Å²) in [4.78, 5) is 11.9. The van der Waals surface area contributed by atoms with Gasteiger partial charge in [0, 0.05) is 18.4 Å². The number of alkyl halides is 1. The molecule has 1 unspecified atom stereocenters. The van der Waals surface area contributed by atoms with Crippen molar-refractivity contribution in [2.24, 2.45) is 0 Å². The van der Waals surface area contributed by atoms with Crippen LogP contribution < -0.4 is 5.32 Å². The summed E-state index contributed by atoms with van der Waals surface area (Å²) in [5.74, 6) is 0.154. The normalized spacial score (nSPS) is 12.5. The van der Waals surface area contributed by atoms with Gasteiger partial charge in [-0.15, -0.1) is 11.6 Å². The molecule has 0 radical (unpaired) electrons. The number of hydrogen-bond acceptors (Lipinski definition) is 4. The molecular formula is C13H15ClN2O3. The molecule has 5 nitrogen and oxygen atoms in total. The zero-order valence-electron chi connectivity index (χ0n) is 10.6. The van der Waals surface area contributed by atoms with Gasteiger partial charge in [0.25, 0.3) is 0 Å². The van der Waals surface area contributed by atoms with E-state index >= 15 is 0 Å². The van der Waals surface area contributed by atoms with E-state index in [2.05, 4.69) is 10.5 Å². The van der Waals surface area contributed by atoms with Gasteiger partial charge < -0.3 is 14.6 Å². The lowest BCUT2D eigenvalue weighted by Gasteiger charge is -2.14. The molecule has 0 bridgehead atoms.